The van der Waals surface area contributed by atoms with Gasteiger partial charge < -0.3 is 4.74 Å². The molecule has 0 fully saturated rings. The number of rotatable bonds is 3. The molecule has 5 heteroatoms. The molecule has 0 unspecified atom stereocenters. The molecule has 0 aliphatic carbocycles. The van der Waals surface area contributed by atoms with Gasteiger partial charge in [-0.3, -0.25) is 4.57 Å². The molecule has 3 rings (SSSR count). The Morgan fingerprint density at radius 1 is 1.24 bits per heavy atom. The first kappa shape index (κ1) is 14.2. The number of ether oxygens (including phenoxy) is 1. The van der Waals surface area contributed by atoms with Crippen molar-refractivity contribution < 1.29 is 4.74 Å². The van der Waals surface area contributed by atoms with Gasteiger partial charge >= 0.3 is 0 Å². The SMILES string of the molecule is COc1cccc2c1nc(CCl)n2-c1cc(C)ccc1Cl. The number of halogens is 2. The number of para-hydroxylation sites is 1. The van der Waals surface area contributed by atoms with Crippen LogP contribution >= 0.6 is 23.2 Å². The molecule has 0 atom stereocenters. The number of fused-ring (bicyclic) bond motifs is 1. The van der Waals surface area contributed by atoms with Gasteiger partial charge in [0.1, 0.15) is 17.1 Å². The first-order chi connectivity index (χ1) is 10.2. The predicted octanol–water partition coefficient (Wildman–Crippen LogP) is 4.73. The van der Waals surface area contributed by atoms with Gasteiger partial charge in [0.05, 0.1) is 29.2 Å². The molecular formula is C16H14Cl2N2O. The fourth-order valence-corrected chi connectivity index (χ4v) is 2.82. The molecule has 0 saturated carbocycles. The Labute approximate surface area is 133 Å². The average Bonchev–Trinajstić information content (AvgIpc) is 2.88. The van der Waals surface area contributed by atoms with Gasteiger partial charge in [-0.25, -0.2) is 4.98 Å². The van der Waals surface area contributed by atoms with E-state index in [0.717, 1.165) is 33.9 Å². The summed E-state index contributed by atoms with van der Waals surface area (Å²) in [7, 11) is 1.63. The smallest absolute Gasteiger partial charge is 0.146 e. The van der Waals surface area contributed by atoms with E-state index in [1.165, 1.54) is 0 Å². The Morgan fingerprint density at radius 3 is 2.76 bits per heavy atom. The fraction of sp³-hybridized carbons (Fsp3) is 0.188. The highest BCUT2D eigenvalue weighted by Crippen LogP contribution is 2.32. The molecule has 0 saturated heterocycles. The van der Waals surface area contributed by atoms with Gasteiger partial charge in [0.25, 0.3) is 0 Å². The third kappa shape index (κ3) is 2.37. The van der Waals surface area contributed by atoms with Crippen molar-refractivity contribution in [2.24, 2.45) is 0 Å². The Hall–Kier alpha value is -1.71. The quantitative estimate of drug-likeness (QED) is 0.652. The molecule has 3 aromatic rings. The van der Waals surface area contributed by atoms with Crippen LogP contribution in [0.25, 0.3) is 16.7 Å². The third-order valence-electron chi connectivity index (χ3n) is 3.40. The van der Waals surface area contributed by atoms with Crippen LogP contribution in [0.4, 0.5) is 0 Å². The predicted molar refractivity (Wildman–Crippen MR) is 86.9 cm³/mol. The van der Waals surface area contributed by atoms with E-state index in [1.807, 2.05) is 47.9 Å². The summed E-state index contributed by atoms with van der Waals surface area (Å²) >= 11 is 12.4. The zero-order valence-corrected chi connectivity index (χ0v) is 13.2. The summed E-state index contributed by atoms with van der Waals surface area (Å²) in [5.74, 6) is 1.76. The summed E-state index contributed by atoms with van der Waals surface area (Å²) in [4.78, 5) is 4.60. The van der Waals surface area contributed by atoms with Crippen molar-refractivity contribution in [3.05, 3.63) is 52.8 Å². The van der Waals surface area contributed by atoms with Crippen LogP contribution < -0.4 is 4.74 Å². The third-order valence-corrected chi connectivity index (χ3v) is 3.96. The molecule has 2 aromatic carbocycles. The molecule has 1 heterocycles. The zero-order chi connectivity index (χ0) is 15.0. The molecule has 3 nitrogen and oxygen atoms in total. The highest BCUT2D eigenvalue weighted by atomic mass is 35.5. The van der Waals surface area contributed by atoms with Crippen LogP contribution in [0.2, 0.25) is 5.02 Å². The average molecular weight is 321 g/mol. The summed E-state index contributed by atoms with van der Waals surface area (Å²) in [6.45, 7) is 2.03. The van der Waals surface area contributed by atoms with Crippen molar-refractivity contribution in [2.45, 2.75) is 12.8 Å². The second kappa shape index (κ2) is 5.58. The molecule has 0 amide bonds. The second-order valence-corrected chi connectivity index (χ2v) is 5.45. The lowest BCUT2D eigenvalue weighted by Crippen LogP contribution is -2.00. The number of alkyl halides is 1. The van der Waals surface area contributed by atoms with Crippen molar-refractivity contribution in [3.63, 3.8) is 0 Å². The van der Waals surface area contributed by atoms with Gasteiger partial charge in [-0.2, -0.15) is 0 Å². The van der Waals surface area contributed by atoms with Gasteiger partial charge in [-0.1, -0.05) is 23.7 Å². The molecule has 21 heavy (non-hydrogen) atoms. The van der Waals surface area contributed by atoms with Crippen LogP contribution in [0.15, 0.2) is 36.4 Å². The normalized spacial score (nSPS) is 11.0. The number of hydrogen-bond acceptors (Lipinski definition) is 2. The Balaban J connectivity index is 2.38. The number of hydrogen-bond donors (Lipinski definition) is 0. The number of aromatic nitrogens is 2. The standard InChI is InChI=1S/C16H14Cl2N2O/c1-10-6-7-11(18)13(8-10)20-12-4-3-5-14(21-2)16(12)19-15(20)9-17/h3-8H,9H2,1-2H3. The van der Waals surface area contributed by atoms with Crippen LogP contribution in [-0.2, 0) is 5.88 Å². The van der Waals surface area contributed by atoms with Crippen molar-refractivity contribution in [1.29, 1.82) is 0 Å². The lowest BCUT2D eigenvalue weighted by Gasteiger charge is -2.11. The monoisotopic (exact) mass is 320 g/mol. The van der Waals surface area contributed by atoms with Crippen LogP contribution in [0.3, 0.4) is 0 Å². The summed E-state index contributed by atoms with van der Waals surface area (Å²) in [5.41, 5.74) is 3.72. The number of aryl methyl sites for hydroxylation is 1. The molecule has 1 aromatic heterocycles. The lowest BCUT2D eigenvalue weighted by atomic mass is 10.2. The van der Waals surface area contributed by atoms with E-state index in [-0.39, 0.29) is 0 Å². The first-order valence-corrected chi connectivity index (χ1v) is 7.43. The van der Waals surface area contributed by atoms with E-state index in [9.17, 15) is 0 Å². The van der Waals surface area contributed by atoms with E-state index in [4.69, 9.17) is 27.9 Å². The molecule has 0 bridgehead atoms. The van der Waals surface area contributed by atoms with Gasteiger partial charge in [0.15, 0.2) is 0 Å². The van der Waals surface area contributed by atoms with E-state index in [2.05, 4.69) is 4.98 Å². The van der Waals surface area contributed by atoms with Crippen LogP contribution in [0, 0.1) is 6.92 Å². The highest BCUT2D eigenvalue weighted by Gasteiger charge is 2.16. The van der Waals surface area contributed by atoms with E-state index >= 15 is 0 Å². The van der Waals surface area contributed by atoms with E-state index in [0.29, 0.717) is 10.9 Å². The summed E-state index contributed by atoms with van der Waals surface area (Å²) in [6.07, 6.45) is 0. The Bertz CT molecular complexity index is 811. The number of benzene rings is 2. The van der Waals surface area contributed by atoms with Crippen molar-refractivity contribution >= 4 is 34.2 Å². The highest BCUT2D eigenvalue weighted by molar-refractivity contribution is 6.32. The van der Waals surface area contributed by atoms with E-state index in [1.54, 1.807) is 7.11 Å². The summed E-state index contributed by atoms with van der Waals surface area (Å²) < 4.78 is 7.36. The zero-order valence-electron chi connectivity index (χ0n) is 11.7. The minimum absolute atomic E-state index is 0.294. The Morgan fingerprint density at radius 2 is 2.05 bits per heavy atom. The molecule has 0 N–H and O–H groups in total. The minimum atomic E-state index is 0.294. The molecule has 0 radical (unpaired) electrons. The number of nitrogens with zero attached hydrogens (tertiary/aromatic N) is 2. The maximum atomic E-state index is 6.37. The first-order valence-electron chi connectivity index (χ1n) is 6.52. The number of methoxy groups -OCH3 is 1. The van der Waals surface area contributed by atoms with Gasteiger partial charge in [0.2, 0.25) is 0 Å². The van der Waals surface area contributed by atoms with Gasteiger partial charge in [-0.15, -0.1) is 11.6 Å². The Kier molecular flexibility index (Phi) is 3.79. The van der Waals surface area contributed by atoms with Crippen molar-refractivity contribution in [2.75, 3.05) is 7.11 Å². The fourth-order valence-electron chi connectivity index (χ4n) is 2.44. The summed E-state index contributed by atoms with van der Waals surface area (Å²) in [5, 5.41) is 0.661. The van der Waals surface area contributed by atoms with Crippen LogP contribution in [0.5, 0.6) is 5.75 Å². The molecule has 0 aliphatic rings. The largest absolute Gasteiger partial charge is 0.494 e. The molecule has 0 spiro atoms. The molecular weight excluding hydrogens is 307 g/mol. The van der Waals surface area contributed by atoms with Crippen molar-refractivity contribution in [1.82, 2.24) is 9.55 Å². The van der Waals surface area contributed by atoms with Gasteiger partial charge in [0, 0.05) is 0 Å². The van der Waals surface area contributed by atoms with Crippen LogP contribution in [0.1, 0.15) is 11.4 Å². The van der Waals surface area contributed by atoms with Gasteiger partial charge in [-0.05, 0) is 36.8 Å². The maximum absolute atomic E-state index is 6.37. The summed E-state index contributed by atoms with van der Waals surface area (Å²) in [6, 6.07) is 11.7. The maximum Gasteiger partial charge on any atom is 0.146 e. The number of imidazole rings is 1. The second-order valence-electron chi connectivity index (χ2n) is 4.78. The van der Waals surface area contributed by atoms with Crippen molar-refractivity contribution in [3.8, 4) is 11.4 Å². The lowest BCUT2D eigenvalue weighted by molar-refractivity contribution is 0.419. The topological polar surface area (TPSA) is 27.1 Å². The minimum Gasteiger partial charge on any atom is -0.494 e. The molecule has 0 aliphatic heterocycles. The van der Waals surface area contributed by atoms with E-state index < -0.39 is 0 Å². The van der Waals surface area contributed by atoms with Crippen LogP contribution in [-0.4, -0.2) is 16.7 Å². The molecule has 108 valence electrons.